The molecular formula is C13H19N3O4. The zero-order valence-corrected chi connectivity index (χ0v) is 11.8. The highest BCUT2D eigenvalue weighted by Crippen LogP contribution is 2.08. The fourth-order valence-electron chi connectivity index (χ4n) is 1.52. The molecule has 110 valence electrons. The van der Waals surface area contributed by atoms with Gasteiger partial charge in [0.05, 0.1) is 6.42 Å². The molecule has 1 heterocycles. The van der Waals surface area contributed by atoms with Crippen molar-refractivity contribution in [3.8, 4) is 0 Å². The third kappa shape index (κ3) is 6.67. The minimum Gasteiger partial charge on any atom is -0.481 e. The van der Waals surface area contributed by atoms with Crippen LogP contribution in [0.2, 0.25) is 0 Å². The topological polar surface area (TPSA) is 101 Å². The standard InChI is InChI=1S/C13H19N3O4/c1-13(2,3)20-12(19)16-9(8-11(17)18)7-10-14-5-4-6-15-10/h4-6,9H,7-8H2,1-3H3,(H,16,19)(H,17,18)/t9-/m1/s1. The number of ether oxygens (including phenoxy) is 1. The predicted molar refractivity (Wildman–Crippen MR) is 71.1 cm³/mol. The summed E-state index contributed by atoms with van der Waals surface area (Å²) in [5.41, 5.74) is -0.638. The Morgan fingerprint density at radius 2 is 1.95 bits per heavy atom. The van der Waals surface area contributed by atoms with Crippen LogP contribution in [0.4, 0.5) is 4.79 Å². The van der Waals surface area contributed by atoms with Crippen molar-refractivity contribution >= 4 is 12.1 Å². The van der Waals surface area contributed by atoms with Crippen LogP contribution >= 0.6 is 0 Å². The van der Waals surface area contributed by atoms with Crippen molar-refractivity contribution in [2.24, 2.45) is 0 Å². The third-order valence-corrected chi connectivity index (χ3v) is 2.19. The van der Waals surface area contributed by atoms with E-state index in [4.69, 9.17) is 9.84 Å². The fourth-order valence-corrected chi connectivity index (χ4v) is 1.52. The van der Waals surface area contributed by atoms with E-state index in [9.17, 15) is 9.59 Å². The van der Waals surface area contributed by atoms with E-state index in [1.165, 1.54) is 0 Å². The summed E-state index contributed by atoms with van der Waals surface area (Å²) in [6.07, 6.45) is 2.48. The van der Waals surface area contributed by atoms with Gasteiger partial charge in [-0.25, -0.2) is 14.8 Å². The van der Waals surface area contributed by atoms with Gasteiger partial charge in [0.15, 0.2) is 0 Å². The summed E-state index contributed by atoms with van der Waals surface area (Å²) in [5.74, 6) is -0.545. The molecule has 7 heteroatoms. The maximum atomic E-state index is 11.7. The lowest BCUT2D eigenvalue weighted by Gasteiger charge is -2.22. The summed E-state index contributed by atoms with van der Waals surface area (Å²) in [7, 11) is 0. The molecule has 0 saturated heterocycles. The summed E-state index contributed by atoms with van der Waals surface area (Å²) in [5, 5.41) is 11.4. The van der Waals surface area contributed by atoms with E-state index in [2.05, 4.69) is 15.3 Å². The lowest BCUT2D eigenvalue weighted by molar-refractivity contribution is -0.137. The number of alkyl carbamates (subject to hydrolysis) is 1. The second kappa shape index (κ2) is 6.83. The Morgan fingerprint density at radius 3 is 2.45 bits per heavy atom. The van der Waals surface area contributed by atoms with E-state index in [0.717, 1.165) is 0 Å². The number of carboxylic acid groups (broad SMARTS) is 1. The minimum atomic E-state index is -1.01. The first kappa shape index (κ1) is 15.9. The van der Waals surface area contributed by atoms with Crippen LogP contribution in [0.25, 0.3) is 0 Å². The summed E-state index contributed by atoms with van der Waals surface area (Å²) in [6, 6.07) is 1.04. The number of amides is 1. The molecule has 0 spiro atoms. The molecule has 1 rings (SSSR count). The third-order valence-electron chi connectivity index (χ3n) is 2.19. The molecular weight excluding hydrogens is 262 g/mol. The van der Waals surface area contributed by atoms with Crippen molar-refractivity contribution in [1.29, 1.82) is 0 Å². The van der Waals surface area contributed by atoms with E-state index in [0.29, 0.717) is 5.82 Å². The van der Waals surface area contributed by atoms with Gasteiger partial charge < -0.3 is 15.2 Å². The molecule has 0 aliphatic rings. The van der Waals surface area contributed by atoms with Gasteiger partial charge in [-0.2, -0.15) is 0 Å². The van der Waals surface area contributed by atoms with E-state index in [1.54, 1.807) is 39.2 Å². The number of nitrogens with zero attached hydrogens (tertiary/aromatic N) is 2. The molecule has 0 aliphatic carbocycles. The Balaban J connectivity index is 2.65. The van der Waals surface area contributed by atoms with Crippen molar-refractivity contribution in [3.63, 3.8) is 0 Å². The van der Waals surface area contributed by atoms with Gasteiger partial charge >= 0.3 is 12.1 Å². The van der Waals surface area contributed by atoms with Crippen LogP contribution in [-0.4, -0.2) is 38.8 Å². The molecule has 0 bridgehead atoms. The summed E-state index contributed by atoms with van der Waals surface area (Å²) in [4.78, 5) is 30.5. The first-order valence-corrected chi connectivity index (χ1v) is 6.23. The molecule has 1 aromatic heterocycles. The molecule has 0 fully saturated rings. The quantitative estimate of drug-likeness (QED) is 0.845. The van der Waals surface area contributed by atoms with Gasteiger partial charge in [0, 0.05) is 24.9 Å². The van der Waals surface area contributed by atoms with E-state index in [-0.39, 0.29) is 12.8 Å². The Kier molecular flexibility index (Phi) is 5.42. The highest BCUT2D eigenvalue weighted by molar-refractivity contribution is 5.71. The highest BCUT2D eigenvalue weighted by Gasteiger charge is 2.22. The molecule has 20 heavy (non-hydrogen) atoms. The Hall–Kier alpha value is -2.18. The number of rotatable bonds is 5. The number of carbonyl (C=O) groups is 2. The second-order valence-electron chi connectivity index (χ2n) is 5.31. The number of hydrogen-bond donors (Lipinski definition) is 2. The molecule has 7 nitrogen and oxygen atoms in total. The predicted octanol–water partition coefficient (Wildman–Crippen LogP) is 1.39. The average molecular weight is 281 g/mol. The lowest BCUT2D eigenvalue weighted by atomic mass is 10.1. The first-order chi connectivity index (χ1) is 9.26. The largest absolute Gasteiger partial charge is 0.481 e. The number of carbonyl (C=O) groups excluding carboxylic acids is 1. The van der Waals surface area contributed by atoms with Crippen molar-refractivity contribution < 1.29 is 19.4 Å². The zero-order chi connectivity index (χ0) is 15.2. The number of carboxylic acids is 1. The lowest BCUT2D eigenvalue weighted by Crippen LogP contribution is -2.41. The molecule has 0 unspecified atom stereocenters. The second-order valence-corrected chi connectivity index (χ2v) is 5.31. The number of aromatic nitrogens is 2. The smallest absolute Gasteiger partial charge is 0.407 e. The SMILES string of the molecule is CC(C)(C)OC(=O)N[C@@H](CC(=O)O)Cc1ncccn1. The summed E-state index contributed by atoms with van der Waals surface area (Å²) >= 11 is 0. The molecule has 0 saturated carbocycles. The number of nitrogens with one attached hydrogen (secondary N) is 1. The normalized spacial score (nSPS) is 12.6. The van der Waals surface area contributed by atoms with Gasteiger partial charge in [0.1, 0.15) is 11.4 Å². The van der Waals surface area contributed by atoms with Gasteiger partial charge in [-0.05, 0) is 26.8 Å². The van der Waals surface area contributed by atoms with Crippen LogP contribution in [0.1, 0.15) is 33.0 Å². The van der Waals surface area contributed by atoms with Crippen LogP contribution in [-0.2, 0) is 16.0 Å². The Morgan fingerprint density at radius 1 is 1.35 bits per heavy atom. The molecule has 1 atom stereocenters. The molecule has 0 radical (unpaired) electrons. The molecule has 0 aliphatic heterocycles. The monoisotopic (exact) mass is 281 g/mol. The maximum absolute atomic E-state index is 11.7. The van der Waals surface area contributed by atoms with Gasteiger partial charge in [-0.3, -0.25) is 4.79 Å². The van der Waals surface area contributed by atoms with Gasteiger partial charge in [-0.1, -0.05) is 0 Å². The zero-order valence-electron chi connectivity index (χ0n) is 11.8. The van der Waals surface area contributed by atoms with Gasteiger partial charge in [0.25, 0.3) is 0 Å². The van der Waals surface area contributed by atoms with Gasteiger partial charge in [-0.15, -0.1) is 0 Å². The maximum Gasteiger partial charge on any atom is 0.407 e. The van der Waals surface area contributed by atoms with E-state index < -0.39 is 23.7 Å². The van der Waals surface area contributed by atoms with E-state index in [1.807, 2.05) is 0 Å². The highest BCUT2D eigenvalue weighted by atomic mass is 16.6. The average Bonchev–Trinajstić information content (AvgIpc) is 2.26. The fraction of sp³-hybridized carbons (Fsp3) is 0.538. The molecule has 0 aromatic carbocycles. The van der Waals surface area contributed by atoms with Crippen molar-refractivity contribution in [1.82, 2.24) is 15.3 Å². The first-order valence-electron chi connectivity index (χ1n) is 6.23. The number of aliphatic carboxylic acids is 1. The van der Waals surface area contributed by atoms with E-state index >= 15 is 0 Å². The number of hydrogen-bond acceptors (Lipinski definition) is 5. The Bertz CT molecular complexity index is 456. The van der Waals surface area contributed by atoms with Crippen LogP contribution in [0.5, 0.6) is 0 Å². The molecule has 1 amide bonds. The van der Waals surface area contributed by atoms with Crippen molar-refractivity contribution in [2.75, 3.05) is 0 Å². The van der Waals surface area contributed by atoms with Crippen molar-refractivity contribution in [2.45, 2.75) is 45.3 Å². The Labute approximate surface area is 117 Å². The van der Waals surface area contributed by atoms with Gasteiger partial charge in [0.2, 0.25) is 0 Å². The summed E-state index contributed by atoms with van der Waals surface area (Å²) < 4.78 is 5.10. The van der Waals surface area contributed by atoms with Crippen LogP contribution in [0, 0.1) is 0 Å². The summed E-state index contributed by atoms with van der Waals surface area (Å²) in [6.45, 7) is 5.21. The van der Waals surface area contributed by atoms with Crippen LogP contribution in [0.15, 0.2) is 18.5 Å². The van der Waals surface area contributed by atoms with Crippen LogP contribution in [0.3, 0.4) is 0 Å². The minimum absolute atomic E-state index is 0.225. The molecule has 2 N–H and O–H groups in total. The molecule has 1 aromatic rings. The van der Waals surface area contributed by atoms with Crippen LogP contribution < -0.4 is 5.32 Å². The van der Waals surface area contributed by atoms with Crippen molar-refractivity contribution in [3.05, 3.63) is 24.3 Å².